The van der Waals surface area contributed by atoms with Gasteiger partial charge in [0.25, 0.3) is 0 Å². The molecule has 1 unspecified atom stereocenters. The molecule has 18 nitrogen and oxygen atoms in total. The van der Waals surface area contributed by atoms with Crippen molar-refractivity contribution in [1.82, 2.24) is 0 Å². The van der Waals surface area contributed by atoms with E-state index in [2.05, 4.69) is 4.74 Å². The second-order valence-electron chi connectivity index (χ2n) is 6.33. The van der Waals surface area contributed by atoms with E-state index in [1.807, 2.05) is 0 Å². The molecule has 0 saturated carbocycles. The summed E-state index contributed by atoms with van der Waals surface area (Å²) in [5.74, 6) is -16.0. The minimum atomic E-state index is -3.19. The maximum atomic E-state index is 11.3. The molecule has 0 aromatic rings. The number of hydrogen-bond acceptors (Lipinski definition) is 17. The zero-order chi connectivity index (χ0) is 27.4. The van der Waals surface area contributed by atoms with Crippen LogP contribution in [0.3, 0.4) is 0 Å². The normalized spacial score (nSPS) is 10.8. The number of aliphatic hydroxyl groups is 2. The monoisotopic (exact) mass is 614 g/mol. The molecule has 0 heterocycles. The predicted octanol–water partition coefficient (Wildman–Crippen LogP) is -12.3. The van der Waals surface area contributed by atoms with Crippen LogP contribution in [0.1, 0.15) is 32.1 Å². The standard InChI is InChI=1S/C10H12O11.C6H8O7.3Ca/c11-4(1-5(12)13)8(18)21-10(9(19)20,2-6(14)15)3-7(16)17;7-3(8)1-6(13,5(11)12)2-4(9)10;;;/h4,11H,1-3H2,(H,12,13)(H,14,15)(H,16,17)(H,19,20);13H,1-2H2,(H,7,8)(H,9,10)(H,11,12);;;/q;;3*+2/p-6. The average molecular weight is 615 g/mol. The van der Waals surface area contributed by atoms with Crippen molar-refractivity contribution in [2.45, 2.75) is 49.4 Å². The third kappa shape index (κ3) is 20.1. The quantitative estimate of drug-likeness (QED) is 0.121. The molecule has 0 aromatic carbocycles. The van der Waals surface area contributed by atoms with Gasteiger partial charge in [0.05, 0.1) is 18.4 Å². The van der Waals surface area contributed by atoms with E-state index >= 15 is 0 Å². The number of ether oxygens (including phenoxy) is 1. The minimum absolute atomic E-state index is 0. The van der Waals surface area contributed by atoms with Gasteiger partial charge in [0.1, 0.15) is 5.60 Å². The van der Waals surface area contributed by atoms with Crippen LogP contribution in [0.5, 0.6) is 0 Å². The Hall–Kier alpha value is -0.541. The Morgan fingerprint density at radius 2 is 0.973 bits per heavy atom. The number of carboxylic acid groups (broad SMARTS) is 7. The van der Waals surface area contributed by atoms with Gasteiger partial charge in [-0.25, -0.2) is 4.79 Å². The Labute approximate surface area is 295 Å². The van der Waals surface area contributed by atoms with Crippen LogP contribution >= 0.6 is 0 Å². The summed E-state index contributed by atoms with van der Waals surface area (Å²) >= 11 is 0. The zero-order valence-corrected chi connectivity index (χ0v) is 25.3. The van der Waals surface area contributed by atoms with Crippen LogP contribution in [0, 0.1) is 0 Å². The third-order valence-electron chi connectivity index (χ3n) is 3.42. The van der Waals surface area contributed by atoms with Crippen molar-refractivity contribution in [2.75, 3.05) is 0 Å². The number of carbonyl (C=O) groups is 8. The van der Waals surface area contributed by atoms with E-state index in [4.69, 9.17) is 15.3 Å². The zero-order valence-electron chi connectivity index (χ0n) is 18.7. The summed E-state index contributed by atoms with van der Waals surface area (Å²) in [7, 11) is 0. The minimum Gasteiger partial charge on any atom is -0.550 e. The van der Waals surface area contributed by atoms with Crippen molar-refractivity contribution in [1.29, 1.82) is 0 Å². The molecule has 0 aliphatic carbocycles. The first-order chi connectivity index (χ1) is 15.3. The summed E-state index contributed by atoms with van der Waals surface area (Å²) in [6, 6.07) is 0. The number of carboxylic acids is 7. The molecule has 3 N–H and O–H groups in total. The van der Waals surface area contributed by atoms with Crippen LogP contribution in [0.2, 0.25) is 0 Å². The van der Waals surface area contributed by atoms with Crippen LogP contribution < -0.4 is 30.6 Å². The summed E-state index contributed by atoms with van der Waals surface area (Å²) in [4.78, 5) is 83.4. The van der Waals surface area contributed by atoms with Crippen LogP contribution in [0.15, 0.2) is 0 Å². The molecule has 37 heavy (non-hydrogen) atoms. The Bertz CT molecular complexity index is 824. The molecule has 0 saturated heterocycles. The van der Waals surface area contributed by atoms with Crippen molar-refractivity contribution < 1.29 is 89.1 Å². The number of aliphatic hydroxyl groups excluding tert-OH is 1. The van der Waals surface area contributed by atoms with Gasteiger partial charge in [0.2, 0.25) is 0 Å². The maximum absolute atomic E-state index is 11.3. The summed E-state index contributed by atoms with van der Waals surface area (Å²) in [6.07, 6.45) is -9.39. The molecule has 0 fully saturated rings. The predicted molar refractivity (Wildman–Crippen MR) is 97.8 cm³/mol. The van der Waals surface area contributed by atoms with E-state index in [0.717, 1.165) is 0 Å². The van der Waals surface area contributed by atoms with Crippen LogP contribution in [-0.4, -0.2) is 194 Å². The number of carbonyl (C=O) groups excluding carboxylic acids is 7. The molecule has 0 bridgehead atoms. The second-order valence-corrected chi connectivity index (χ2v) is 6.33. The summed E-state index contributed by atoms with van der Waals surface area (Å²) in [6.45, 7) is 0. The fourth-order valence-electron chi connectivity index (χ4n) is 1.98. The van der Waals surface area contributed by atoms with Crippen LogP contribution in [0.25, 0.3) is 0 Å². The molecule has 0 aromatic heterocycles. The molecule has 1 atom stereocenters. The smallest absolute Gasteiger partial charge is 0.550 e. The molecular formula is C16H14Ca3O18. The molecule has 21 heteroatoms. The van der Waals surface area contributed by atoms with Gasteiger partial charge in [0, 0.05) is 49.6 Å². The molecule has 192 valence electrons. The number of hydrogen-bond donors (Lipinski definition) is 3. The molecule has 0 amide bonds. The van der Waals surface area contributed by atoms with Crippen molar-refractivity contribution >= 4 is 161 Å². The molecule has 0 rings (SSSR count). The van der Waals surface area contributed by atoms with E-state index < -0.39 is 97.2 Å². The fraction of sp³-hybridized carbons (Fsp3) is 0.500. The molecule has 0 radical (unpaired) electrons. The number of rotatable bonds is 14. The van der Waals surface area contributed by atoms with Crippen molar-refractivity contribution in [2.24, 2.45) is 0 Å². The SMILES string of the molecule is O=C([O-])CC(CC(=O)[O-])(OC(=O)C(O)CC(=O)O)C(=O)[O-].O=C([O-])CC(O)(CC(=O)[O-])C(=O)[O-].[Ca+2].[Ca+2].[Ca+2]. The Morgan fingerprint density at radius 3 is 1.19 bits per heavy atom. The summed E-state index contributed by atoms with van der Waals surface area (Å²) in [5, 5.41) is 88.2. The van der Waals surface area contributed by atoms with E-state index in [9.17, 15) is 69.0 Å². The second kappa shape index (κ2) is 21.3. The molecule has 0 spiro atoms. The largest absolute Gasteiger partial charge is 2.00 e. The van der Waals surface area contributed by atoms with E-state index in [0.29, 0.717) is 0 Å². The molecular weight excluding hydrogens is 600 g/mol. The summed E-state index contributed by atoms with van der Waals surface area (Å²) in [5.41, 5.74) is -6.16. The van der Waals surface area contributed by atoms with Gasteiger partial charge >= 0.3 is 125 Å². The van der Waals surface area contributed by atoms with Gasteiger partial charge in [-0.3, -0.25) is 4.79 Å². The Balaban J connectivity index is -0.000000187. The van der Waals surface area contributed by atoms with E-state index in [1.54, 1.807) is 0 Å². The first kappa shape index (κ1) is 46.3. The van der Waals surface area contributed by atoms with Gasteiger partial charge in [-0.15, -0.1) is 0 Å². The van der Waals surface area contributed by atoms with Crippen molar-refractivity contribution in [3.05, 3.63) is 0 Å². The Kier molecular flexibility index (Phi) is 26.7. The number of esters is 1. The molecule has 0 aliphatic rings. The maximum Gasteiger partial charge on any atom is 2.00 e. The van der Waals surface area contributed by atoms with Gasteiger partial charge in [-0.05, 0) is 0 Å². The first-order valence-electron chi connectivity index (χ1n) is 8.35. The first-order valence-corrected chi connectivity index (χ1v) is 8.35. The van der Waals surface area contributed by atoms with Crippen LogP contribution in [0.4, 0.5) is 0 Å². The molecule has 0 aliphatic heterocycles. The van der Waals surface area contributed by atoms with Gasteiger partial charge < -0.3 is 79.5 Å². The third-order valence-corrected chi connectivity index (χ3v) is 3.42. The number of aliphatic carboxylic acids is 7. The van der Waals surface area contributed by atoms with Crippen molar-refractivity contribution in [3.63, 3.8) is 0 Å². The van der Waals surface area contributed by atoms with Gasteiger partial charge in [-0.2, -0.15) is 0 Å². The van der Waals surface area contributed by atoms with Gasteiger partial charge in [-0.1, -0.05) is 0 Å². The van der Waals surface area contributed by atoms with Crippen LogP contribution in [-0.2, 0) is 43.1 Å². The topological polar surface area (TPSA) is 345 Å². The van der Waals surface area contributed by atoms with Crippen molar-refractivity contribution in [3.8, 4) is 0 Å². The summed E-state index contributed by atoms with van der Waals surface area (Å²) < 4.78 is 4.13. The van der Waals surface area contributed by atoms with E-state index in [-0.39, 0.29) is 113 Å². The average Bonchev–Trinajstić information content (AvgIpc) is 2.58. The Morgan fingerprint density at radius 1 is 0.649 bits per heavy atom. The van der Waals surface area contributed by atoms with E-state index in [1.165, 1.54) is 0 Å². The van der Waals surface area contributed by atoms with Gasteiger partial charge in [0.15, 0.2) is 11.7 Å². The fourth-order valence-corrected chi connectivity index (χ4v) is 1.98.